The van der Waals surface area contributed by atoms with Gasteiger partial charge >= 0.3 is 5.97 Å². The van der Waals surface area contributed by atoms with Crippen LogP contribution in [0, 0.1) is 11.8 Å². The molecular weight excluding hydrogens is 444 g/mol. The Labute approximate surface area is 207 Å². The number of likely N-dealkylation sites (tertiary alicyclic amines) is 1. The monoisotopic (exact) mass is 478 g/mol. The van der Waals surface area contributed by atoms with Gasteiger partial charge in [-0.1, -0.05) is 24.3 Å². The number of anilines is 1. The first kappa shape index (κ1) is 24.8. The summed E-state index contributed by atoms with van der Waals surface area (Å²) in [6, 6.07) is 15.4. The lowest BCUT2D eigenvalue weighted by atomic mass is 9.97. The molecule has 1 atom stereocenters. The number of nitrogens with zero attached hydrogens (tertiary/aromatic N) is 2. The molecule has 7 heteroatoms. The van der Waals surface area contributed by atoms with Crippen LogP contribution in [0.5, 0.6) is 5.75 Å². The van der Waals surface area contributed by atoms with E-state index >= 15 is 0 Å². The molecule has 2 amide bonds. The van der Waals surface area contributed by atoms with E-state index in [2.05, 4.69) is 0 Å². The van der Waals surface area contributed by atoms with Gasteiger partial charge in [0.2, 0.25) is 11.8 Å². The van der Waals surface area contributed by atoms with Crippen molar-refractivity contribution in [1.29, 1.82) is 0 Å². The van der Waals surface area contributed by atoms with Gasteiger partial charge in [0.05, 0.1) is 32.6 Å². The van der Waals surface area contributed by atoms with E-state index in [0.29, 0.717) is 26.2 Å². The molecule has 2 aromatic rings. The number of esters is 1. The average molecular weight is 479 g/mol. The number of hydrogen-bond donors (Lipinski definition) is 0. The zero-order chi connectivity index (χ0) is 24.8. The van der Waals surface area contributed by atoms with E-state index < -0.39 is 0 Å². The van der Waals surface area contributed by atoms with E-state index in [1.165, 1.54) is 0 Å². The van der Waals surface area contributed by atoms with Crippen LogP contribution in [0.25, 0.3) is 0 Å². The molecule has 35 heavy (non-hydrogen) atoms. The van der Waals surface area contributed by atoms with Crippen LogP contribution in [0.3, 0.4) is 0 Å². The zero-order valence-electron chi connectivity index (χ0n) is 20.6. The fourth-order valence-electron chi connectivity index (χ4n) is 4.50. The molecule has 1 aliphatic carbocycles. The summed E-state index contributed by atoms with van der Waals surface area (Å²) in [7, 11) is 1.63. The predicted molar refractivity (Wildman–Crippen MR) is 133 cm³/mol. The van der Waals surface area contributed by atoms with Crippen LogP contribution in [0.15, 0.2) is 48.5 Å². The first-order valence-corrected chi connectivity index (χ1v) is 12.5. The molecule has 186 valence electrons. The minimum Gasteiger partial charge on any atom is -0.497 e. The van der Waals surface area contributed by atoms with E-state index in [1.54, 1.807) is 18.9 Å². The van der Waals surface area contributed by atoms with Crippen LogP contribution in [-0.4, -0.2) is 49.5 Å². The summed E-state index contributed by atoms with van der Waals surface area (Å²) in [5, 5.41) is 0. The third-order valence-corrected chi connectivity index (χ3v) is 6.69. The molecule has 0 aromatic heterocycles. The van der Waals surface area contributed by atoms with Crippen molar-refractivity contribution >= 4 is 23.5 Å². The maximum atomic E-state index is 13.0. The molecule has 1 saturated carbocycles. The summed E-state index contributed by atoms with van der Waals surface area (Å²) in [5.41, 5.74) is 2.75. The number of benzene rings is 2. The van der Waals surface area contributed by atoms with Crippen molar-refractivity contribution in [2.45, 2.75) is 45.6 Å². The highest BCUT2D eigenvalue weighted by molar-refractivity contribution is 5.96. The normalized spacial score (nSPS) is 17.5. The Balaban J connectivity index is 1.41. The van der Waals surface area contributed by atoms with Gasteiger partial charge in [-0.05, 0) is 68.0 Å². The SMILES string of the molecule is CCOC(=O)C1CCCN(C(=O)Cc2ccc(N(Cc3ccc(OC)cc3)C(=O)C3CC3)cc2)C1. The summed E-state index contributed by atoms with van der Waals surface area (Å²) in [4.78, 5) is 41.6. The van der Waals surface area contributed by atoms with E-state index in [0.717, 1.165) is 48.2 Å². The van der Waals surface area contributed by atoms with Gasteiger partial charge in [0.1, 0.15) is 5.75 Å². The molecule has 1 heterocycles. The summed E-state index contributed by atoms with van der Waals surface area (Å²) in [6.45, 7) is 3.72. The van der Waals surface area contributed by atoms with Gasteiger partial charge in [0, 0.05) is 24.7 Å². The summed E-state index contributed by atoms with van der Waals surface area (Å²) < 4.78 is 10.4. The first-order valence-electron chi connectivity index (χ1n) is 12.5. The molecule has 2 fully saturated rings. The minimum absolute atomic E-state index is 0.0101. The van der Waals surface area contributed by atoms with Crippen LogP contribution < -0.4 is 9.64 Å². The van der Waals surface area contributed by atoms with Crippen LogP contribution in [0.4, 0.5) is 5.69 Å². The van der Waals surface area contributed by atoms with E-state index in [1.807, 2.05) is 53.4 Å². The van der Waals surface area contributed by atoms with Crippen molar-refractivity contribution in [2.24, 2.45) is 11.8 Å². The Morgan fingerprint density at radius 1 is 0.943 bits per heavy atom. The van der Waals surface area contributed by atoms with Gasteiger partial charge in [-0.2, -0.15) is 0 Å². The summed E-state index contributed by atoms with van der Waals surface area (Å²) in [6.07, 6.45) is 3.71. The van der Waals surface area contributed by atoms with E-state index in [4.69, 9.17) is 9.47 Å². The number of ether oxygens (including phenoxy) is 2. The number of carbonyl (C=O) groups is 3. The molecule has 2 aromatic carbocycles. The van der Waals surface area contributed by atoms with Gasteiger partial charge in [-0.15, -0.1) is 0 Å². The molecular formula is C28H34N2O5. The summed E-state index contributed by atoms with van der Waals surface area (Å²) >= 11 is 0. The lowest BCUT2D eigenvalue weighted by molar-refractivity contribution is -0.151. The van der Waals surface area contributed by atoms with Crippen molar-refractivity contribution < 1.29 is 23.9 Å². The fraction of sp³-hybridized carbons (Fsp3) is 0.464. The third-order valence-electron chi connectivity index (χ3n) is 6.69. The van der Waals surface area contributed by atoms with E-state index in [9.17, 15) is 14.4 Å². The Morgan fingerprint density at radius 2 is 1.63 bits per heavy atom. The van der Waals surface area contributed by atoms with Gasteiger partial charge in [0.15, 0.2) is 0 Å². The van der Waals surface area contributed by atoms with Gasteiger partial charge in [-0.3, -0.25) is 14.4 Å². The van der Waals surface area contributed by atoms with Crippen LogP contribution in [-0.2, 0) is 32.1 Å². The average Bonchev–Trinajstić information content (AvgIpc) is 3.74. The van der Waals surface area contributed by atoms with Crippen molar-refractivity contribution in [3.8, 4) is 5.75 Å². The predicted octanol–water partition coefficient (Wildman–Crippen LogP) is 3.98. The Bertz CT molecular complexity index is 1030. The zero-order valence-corrected chi connectivity index (χ0v) is 20.6. The molecule has 4 rings (SSSR count). The molecule has 0 bridgehead atoms. The van der Waals surface area contributed by atoms with Crippen molar-refractivity contribution in [3.63, 3.8) is 0 Å². The van der Waals surface area contributed by atoms with E-state index in [-0.39, 0.29) is 36.0 Å². The number of amides is 2. The lowest BCUT2D eigenvalue weighted by Gasteiger charge is -2.31. The fourth-order valence-corrected chi connectivity index (χ4v) is 4.50. The van der Waals surface area contributed by atoms with Gasteiger partial charge < -0.3 is 19.3 Å². The maximum Gasteiger partial charge on any atom is 0.310 e. The number of piperidine rings is 1. The Kier molecular flexibility index (Phi) is 8.06. The largest absolute Gasteiger partial charge is 0.497 e. The number of rotatable bonds is 9. The van der Waals surface area contributed by atoms with Crippen molar-refractivity contribution in [2.75, 3.05) is 31.7 Å². The summed E-state index contributed by atoms with van der Waals surface area (Å²) in [5.74, 6) is 0.576. The third kappa shape index (κ3) is 6.41. The maximum absolute atomic E-state index is 13.0. The van der Waals surface area contributed by atoms with Crippen molar-refractivity contribution in [1.82, 2.24) is 4.90 Å². The topological polar surface area (TPSA) is 76.2 Å². The smallest absolute Gasteiger partial charge is 0.310 e. The molecule has 0 N–H and O–H groups in total. The quantitative estimate of drug-likeness (QED) is 0.510. The lowest BCUT2D eigenvalue weighted by Crippen LogP contribution is -2.43. The molecule has 1 saturated heterocycles. The number of hydrogen-bond acceptors (Lipinski definition) is 5. The second kappa shape index (κ2) is 11.4. The molecule has 7 nitrogen and oxygen atoms in total. The van der Waals surface area contributed by atoms with Crippen LogP contribution in [0.2, 0.25) is 0 Å². The standard InChI is InChI=1S/C28H34N2O5/c1-3-35-28(33)23-5-4-16-29(19-23)26(31)17-20-6-12-24(13-7-20)30(27(32)22-10-11-22)18-21-8-14-25(34-2)15-9-21/h6-9,12-15,22-23H,3-5,10-11,16-19H2,1-2H3. The number of methoxy groups -OCH3 is 1. The highest BCUT2D eigenvalue weighted by atomic mass is 16.5. The molecule has 2 aliphatic rings. The molecule has 0 spiro atoms. The van der Waals surface area contributed by atoms with Gasteiger partial charge in [-0.25, -0.2) is 0 Å². The highest BCUT2D eigenvalue weighted by Crippen LogP contribution is 2.34. The first-order chi connectivity index (χ1) is 17.0. The van der Waals surface area contributed by atoms with Crippen molar-refractivity contribution in [3.05, 3.63) is 59.7 Å². The second-order valence-electron chi connectivity index (χ2n) is 9.32. The molecule has 0 radical (unpaired) electrons. The van der Waals surface area contributed by atoms with Crippen LogP contribution >= 0.6 is 0 Å². The highest BCUT2D eigenvalue weighted by Gasteiger charge is 2.34. The Morgan fingerprint density at radius 3 is 2.26 bits per heavy atom. The number of carbonyl (C=O) groups excluding carboxylic acids is 3. The van der Waals surface area contributed by atoms with Gasteiger partial charge in [0.25, 0.3) is 0 Å². The molecule has 1 unspecified atom stereocenters. The molecule has 1 aliphatic heterocycles. The minimum atomic E-state index is -0.241. The Hall–Kier alpha value is -3.35. The second-order valence-corrected chi connectivity index (χ2v) is 9.32. The van der Waals surface area contributed by atoms with Crippen LogP contribution in [0.1, 0.15) is 43.7 Å².